The van der Waals surface area contributed by atoms with E-state index in [1.165, 1.54) is 31.4 Å². The second-order valence-electron chi connectivity index (χ2n) is 5.32. The molecule has 5 nitrogen and oxygen atoms in total. The van der Waals surface area contributed by atoms with Gasteiger partial charge in [0.2, 0.25) is 9.84 Å². The SMILES string of the molecule is COc1ccc2cc(S(=O)(=O)/C=C/c3ccc(Cl)cc3Cl)c(=O)oc2c1. The molecule has 1 heterocycles. The van der Waals surface area contributed by atoms with Gasteiger partial charge in [-0.15, -0.1) is 0 Å². The normalized spacial score (nSPS) is 12.0. The number of hydrogen-bond donors (Lipinski definition) is 0. The summed E-state index contributed by atoms with van der Waals surface area (Å²) in [5.74, 6) is 0.494. The molecule has 0 amide bonds. The number of halogens is 2. The predicted molar refractivity (Wildman–Crippen MR) is 102 cm³/mol. The fourth-order valence-electron chi connectivity index (χ4n) is 2.27. The lowest BCUT2D eigenvalue weighted by Crippen LogP contribution is -2.11. The van der Waals surface area contributed by atoms with Crippen LogP contribution in [-0.4, -0.2) is 15.5 Å². The minimum atomic E-state index is -4.03. The van der Waals surface area contributed by atoms with Gasteiger partial charge in [0.25, 0.3) is 0 Å². The van der Waals surface area contributed by atoms with Crippen molar-refractivity contribution in [3.8, 4) is 5.75 Å². The van der Waals surface area contributed by atoms with Crippen LogP contribution in [0.1, 0.15) is 5.56 Å². The van der Waals surface area contributed by atoms with Crippen LogP contribution in [0.3, 0.4) is 0 Å². The predicted octanol–water partition coefficient (Wildman–Crippen LogP) is 4.55. The monoisotopic (exact) mass is 410 g/mol. The molecule has 0 fully saturated rings. The summed E-state index contributed by atoms with van der Waals surface area (Å²) >= 11 is 11.8. The van der Waals surface area contributed by atoms with E-state index in [1.807, 2.05) is 0 Å². The van der Waals surface area contributed by atoms with Crippen molar-refractivity contribution in [1.82, 2.24) is 0 Å². The number of hydrogen-bond acceptors (Lipinski definition) is 5. The molecule has 0 spiro atoms. The first-order chi connectivity index (χ1) is 12.3. The third kappa shape index (κ3) is 3.77. The molecule has 0 unspecified atom stereocenters. The van der Waals surface area contributed by atoms with E-state index in [2.05, 4.69) is 0 Å². The van der Waals surface area contributed by atoms with Crippen molar-refractivity contribution in [3.05, 3.63) is 73.9 Å². The molecule has 0 bridgehead atoms. The molecule has 0 saturated heterocycles. The van der Waals surface area contributed by atoms with Crippen molar-refractivity contribution in [3.63, 3.8) is 0 Å². The number of methoxy groups -OCH3 is 1. The molecule has 8 heteroatoms. The summed E-state index contributed by atoms with van der Waals surface area (Å²) in [4.78, 5) is 11.7. The number of benzene rings is 2. The molecule has 0 aliphatic heterocycles. The molecule has 1 aromatic heterocycles. The highest BCUT2D eigenvalue weighted by Crippen LogP contribution is 2.24. The van der Waals surface area contributed by atoms with E-state index >= 15 is 0 Å². The maximum Gasteiger partial charge on any atom is 0.355 e. The molecule has 3 rings (SSSR count). The molecular formula is C18H12Cl2O5S. The third-order valence-corrected chi connectivity index (χ3v) is 5.56. The fourth-order valence-corrected chi connectivity index (χ4v) is 3.78. The van der Waals surface area contributed by atoms with Gasteiger partial charge < -0.3 is 9.15 Å². The molecule has 134 valence electrons. The van der Waals surface area contributed by atoms with Crippen LogP contribution in [-0.2, 0) is 9.84 Å². The van der Waals surface area contributed by atoms with E-state index in [-0.39, 0.29) is 5.58 Å². The standard InChI is InChI=1S/C18H12Cl2O5S/c1-24-14-5-3-12-8-17(18(21)25-16(12)10-14)26(22,23)7-6-11-2-4-13(19)9-15(11)20/h2-10H,1H3/b7-6+. The van der Waals surface area contributed by atoms with Gasteiger partial charge in [0, 0.05) is 26.9 Å². The summed E-state index contributed by atoms with van der Waals surface area (Å²) < 4.78 is 35.2. The van der Waals surface area contributed by atoms with Crippen LogP contribution >= 0.6 is 23.2 Å². The highest BCUT2D eigenvalue weighted by molar-refractivity contribution is 7.94. The average Bonchev–Trinajstić information content (AvgIpc) is 2.59. The maximum absolute atomic E-state index is 12.5. The smallest absolute Gasteiger partial charge is 0.355 e. The number of fused-ring (bicyclic) bond motifs is 1. The van der Waals surface area contributed by atoms with Crippen molar-refractivity contribution in [2.24, 2.45) is 0 Å². The molecule has 0 aliphatic rings. The van der Waals surface area contributed by atoms with E-state index in [0.717, 1.165) is 5.41 Å². The van der Waals surface area contributed by atoms with Gasteiger partial charge in [-0.1, -0.05) is 29.3 Å². The summed E-state index contributed by atoms with van der Waals surface area (Å²) in [5, 5.41) is 2.09. The Kier molecular flexibility index (Phi) is 5.09. The third-order valence-electron chi connectivity index (χ3n) is 3.61. The Morgan fingerprint density at radius 3 is 2.54 bits per heavy atom. The Morgan fingerprint density at radius 2 is 1.85 bits per heavy atom. The van der Waals surface area contributed by atoms with Crippen molar-refractivity contribution < 1.29 is 17.6 Å². The van der Waals surface area contributed by atoms with E-state index < -0.39 is 20.4 Å². The molecule has 0 N–H and O–H groups in total. The number of rotatable bonds is 4. The van der Waals surface area contributed by atoms with Crippen molar-refractivity contribution in [2.45, 2.75) is 4.90 Å². The Labute approximate surface area is 159 Å². The topological polar surface area (TPSA) is 73.6 Å². The van der Waals surface area contributed by atoms with Gasteiger partial charge in [0.05, 0.1) is 7.11 Å². The highest BCUT2D eigenvalue weighted by Gasteiger charge is 2.18. The lowest BCUT2D eigenvalue weighted by atomic mass is 10.2. The minimum absolute atomic E-state index is 0.234. The Hall–Kier alpha value is -2.28. The summed E-state index contributed by atoms with van der Waals surface area (Å²) in [6, 6.07) is 10.7. The van der Waals surface area contributed by atoms with E-state index in [4.69, 9.17) is 32.4 Å². The molecule has 0 atom stereocenters. The Balaban J connectivity index is 2.05. The zero-order valence-corrected chi connectivity index (χ0v) is 15.7. The molecule has 26 heavy (non-hydrogen) atoms. The first kappa shape index (κ1) is 18.5. The lowest BCUT2D eigenvalue weighted by molar-refractivity contribution is 0.414. The van der Waals surface area contributed by atoms with Gasteiger partial charge in [0.15, 0.2) is 4.90 Å². The summed E-state index contributed by atoms with van der Waals surface area (Å²) in [7, 11) is -2.56. The Bertz CT molecular complexity index is 1180. The molecule has 0 radical (unpaired) electrons. The van der Waals surface area contributed by atoms with Gasteiger partial charge in [-0.3, -0.25) is 0 Å². The second-order valence-corrected chi connectivity index (χ2v) is 7.96. The lowest BCUT2D eigenvalue weighted by Gasteiger charge is -2.04. The van der Waals surface area contributed by atoms with E-state index in [9.17, 15) is 13.2 Å². The van der Waals surface area contributed by atoms with Crippen LogP contribution in [0.5, 0.6) is 5.75 Å². The zero-order chi connectivity index (χ0) is 18.9. The summed E-state index contributed by atoms with van der Waals surface area (Å²) in [6.07, 6.45) is 1.30. The van der Waals surface area contributed by atoms with Gasteiger partial charge in [0.1, 0.15) is 11.3 Å². The van der Waals surface area contributed by atoms with Gasteiger partial charge >= 0.3 is 5.63 Å². The van der Waals surface area contributed by atoms with Crippen LogP contribution in [0.25, 0.3) is 17.0 Å². The molecule has 3 aromatic rings. The van der Waals surface area contributed by atoms with Gasteiger partial charge in [-0.25, -0.2) is 13.2 Å². The first-order valence-corrected chi connectivity index (χ1v) is 9.60. The number of ether oxygens (including phenoxy) is 1. The highest BCUT2D eigenvalue weighted by atomic mass is 35.5. The largest absolute Gasteiger partial charge is 0.497 e. The summed E-state index contributed by atoms with van der Waals surface area (Å²) in [5.41, 5.74) is -0.273. The van der Waals surface area contributed by atoms with E-state index in [1.54, 1.807) is 24.3 Å². The molecule has 0 saturated carbocycles. The van der Waals surface area contributed by atoms with Crippen LogP contribution in [0, 0.1) is 0 Å². The van der Waals surface area contributed by atoms with Gasteiger partial charge in [-0.05, 0) is 42.0 Å². The zero-order valence-electron chi connectivity index (χ0n) is 13.4. The quantitative estimate of drug-likeness (QED) is 0.589. The van der Waals surface area contributed by atoms with Crippen LogP contribution in [0.15, 0.2) is 62.0 Å². The van der Waals surface area contributed by atoms with Crippen LogP contribution < -0.4 is 10.4 Å². The van der Waals surface area contributed by atoms with E-state index in [0.29, 0.717) is 26.7 Å². The molecular weight excluding hydrogens is 399 g/mol. The fraction of sp³-hybridized carbons (Fsp3) is 0.0556. The van der Waals surface area contributed by atoms with Crippen molar-refractivity contribution >= 4 is 50.1 Å². The molecule has 0 aliphatic carbocycles. The number of sulfone groups is 1. The van der Waals surface area contributed by atoms with Crippen LogP contribution in [0.4, 0.5) is 0 Å². The second kappa shape index (κ2) is 7.15. The van der Waals surface area contributed by atoms with Crippen molar-refractivity contribution in [1.29, 1.82) is 0 Å². The summed E-state index contributed by atoms with van der Waals surface area (Å²) in [6.45, 7) is 0. The molecule has 2 aromatic carbocycles. The van der Waals surface area contributed by atoms with Gasteiger partial charge in [-0.2, -0.15) is 0 Å². The first-order valence-electron chi connectivity index (χ1n) is 7.30. The Morgan fingerprint density at radius 1 is 1.08 bits per heavy atom. The van der Waals surface area contributed by atoms with Crippen molar-refractivity contribution in [2.75, 3.05) is 7.11 Å². The van der Waals surface area contributed by atoms with Crippen LogP contribution in [0.2, 0.25) is 10.0 Å². The minimum Gasteiger partial charge on any atom is -0.497 e. The maximum atomic E-state index is 12.5. The average molecular weight is 411 g/mol.